The second-order valence-corrected chi connectivity index (χ2v) is 11.6. The van der Waals surface area contributed by atoms with E-state index in [0.717, 1.165) is 4.88 Å². The van der Waals surface area contributed by atoms with Crippen LogP contribution in [0.4, 0.5) is 0 Å². The van der Waals surface area contributed by atoms with Crippen molar-refractivity contribution in [2.75, 3.05) is 13.1 Å². The minimum absolute atomic E-state index is 0.0108. The largest absolute Gasteiger partial charge is 0.351 e. The number of rotatable bonds is 7. The second kappa shape index (κ2) is 9.19. The number of sulfonamides is 1. The van der Waals surface area contributed by atoms with E-state index in [2.05, 4.69) is 15.5 Å². The third-order valence-corrected chi connectivity index (χ3v) is 9.40. The third-order valence-electron chi connectivity index (χ3n) is 5.32. The van der Waals surface area contributed by atoms with Crippen LogP contribution in [0.3, 0.4) is 0 Å². The van der Waals surface area contributed by atoms with Gasteiger partial charge in [-0.05, 0) is 37.3 Å². The topological polar surface area (TPSA) is 105 Å². The number of hydrogen-bond acceptors (Lipinski definition) is 8. The van der Waals surface area contributed by atoms with Gasteiger partial charge in [-0.2, -0.15) is 9.29 Å². The highest BCUT2D eigenvalue weighted by molar-refractivity contribution is 7.89. The van der Waals surface area contributed by atoms with Crippen LogP contribution in [-0.2, 0) is 27.8 Å². The van der Waals surface area contributed by atoms with E-state index in [0.29, 0.717) is 60.4 Å². The first-order valence-corrected chi connectivity index (χ1v) is 13.3. The first kappa shape index (κ1) is 22.1. The standard InChI is InChI=1S/C20H24N4O4S3/c1-3-18-22-19(23-28-18)16-11-17(13(2)30-16)31(26,27)24-8-6-14(7-9-24)20(25)21-12-15-5-4-10-29-15/h4-5,10-11,14H,3,6-9,12H2,1-2H3,(H,21,25). The normalized spacial score (nSPS) is 15.9. The van der Waals surface area contributed by atoms with Gasteiger partial charge in [0.1, 0.15) is 0 Å². The first-order valence-electron chi connectivity index (χ1n) is 10.1. The molecule has 1 fully saturated rings. The monoisotopic (exact) mass is 480 g/mol. The van der Waals surface area contributed by atoms with E-state index in [1.165, 1.54) is 15.6 Å². The van der Waals surface area contributed by atoms with Gasteiger partial charge in [0, 0.05) is 35.2 Å². The lowest BCUT2D eigenvalue weighted by Crippen LogP contribution is -2.42. The van der Waals surface area contributed by atoms with Gasteiger partial charge in [-0.25, -0.2) is 8.42 Å². The summed E-state index contributed by atoms with van der Waals surface area (Å²) in [6.45, 7) is 4.87. The lowest BCUT2D eigenvalue weighted by atomic mass is 9.97. The van der Waals surface area contributed by atoms with Gasteiger partial charge in [0.2, 0.25) is 27.6 Å². The molecule has 1 N–H and O–H groups in total. The molecule has 0 unspecified atom stereocenters. The highest BCUT2D eigenvalue weighted by Gasteiger charge is 2.34. The number of piperidine rings is 1. The Kier molecular flexibility index (Phi) is 6.56. The van der Waals surface area contributed by atoms with Crippen LogP contribution in [0.15, 0.2) is 33.0 Å². The summed E-state index contributed by atoms with van der Waals surface area (Å²) in [7, 11) is -3.65. The van der Waals surface area contributed by atoms with Gasteiger partial charge >= 0.3 is 0 Å². The Balaban J connectivity index is 1.40. The molecule has 0 aromatic carbocycles. The molecule has 1 amide bonds. The Hall–Kier alpha value is -2.08. The maximum absolute atomic E-state index is 13.2. The second-order valence-electron chi connectivity index (χ2n) is 7.37. The van der Waals surface area contributed by atoms with Gasteiger partial charge in [-0.15, -0.1) is 22.7 Å². The van der Waals surface area contributed by atoms with Crippen LogP contribution in [0.1, 0.15) is 35.4 Å². The predicted molar refractivity (Wildman–Crippen MR) is 119 cm³/mol. The summed E-state index contributed by atoms with van der Waals surface area (Å²) in [4.78, 5) is 19.5. The lowest BCUT2D eigenvalue weighted by molar-refractivity contribution is -0.126. The molecule has 1 saturated heterocycles. The maximum Gasteiger partial charge on any atom is 0.244 e. The van der Waals surface area contributed by atoms with Crippen LogP contribution in [0.25, 0.3) is 10.7 Å². The Morgan fingerprint density at radius 3 is 2.77 bits per heavy atom. The summed E-state index contributed by atoms with van der Waals surface area (Å²) in [5, 5.41) is 8.88. The van der Waals surface area contributed by atoms with Crippen molar-refractivity contribution in [3.63, 3.8) is 0 Å². The van der Waals surface area contributed by atoms with Crippen LogP contribution in [0.2, 0.25) is 0 Å². The quantitative estimate of drug-likeness (QED) is 0.555. The highest BCUT2D eigenvalue weighted by atomic mass is 32.2. The van der Waals surface area contributed by atoms with Crippen LogP contribution < -0.4 is 5.32 Å². The van der Waals surface area contributed by atoms with E-state index in [1.807, 2.05) is 24.4 Å². The van der Waals surface area contributed by atoms with E-state index in [4.69, 9.17) is 4.52 Å². The number of thiophene rings is 2. The van der Waals surface area contributed by atoms with Crippen molar-refractivity contribution >= 4 is 38.6 Å². The molecule has 0 radical (unpaired) electrons. The number of amides is 1. The molecule has 4 heterocycles. The third kappa shape index (κ3) is 4.74. The smallest absolute Gasteiger partial charge is 0.244 e. The van der Waals surface area contributed by atoms with Crippen molar-refractivity contribution in [2.24, 2.45) is 5.92 Å². The Bertz CT molecular complexity index is 1140. The van der Waals surface area contributed by atoms with Gasteiger partial charge in [0.05, 0.1) is 16.3 Å². The SMILES string of the molecule is CCc1nc(-c2cc(S(=O)(=O)N3CCC(C(=O)NCc4cccs4)CC3)c(C)s2)no1. The minimum atomic E-state index is -3.65. The zero-order valence-electron chi connectivity index (χ0n) is 17.3. The first-order chi connectivity index (χ1) is 14.9. The van der Waals surface area contributed by atoms with Crippen molar-refractivity contribution in [3.05, 3.63) is 39.2 Å². The van der Waals surface area contributed by atoms with Crippen molar-refractivity contribution in [2.45, 2.75) is 44.6 Å². The molecular weight excluding hydrogens is 456 g/mol. The van der Waals surface area contributed by atoms with Gasteiger partial charge in [0.15, 0.2) is 0 Å². The van der Waals surface area contributed by atoms with E-state index in [-0.39, 0.29) is 16.7 Å². The molecule has 0 bridgehead atoms. The molecule has 0 saturated carbocycles. The number of aromatic nitrogens is 2. The van der Waals surface area contributed by atoms with E-state index >= 15 is 0 Å². The van der Waals surface area contributed by atoms with Gasteiger partial charge < -0.3 is 9.84 Å². The molecule has 0 aliphatic carbocycles. The summed E-state index contributed by atoms with van der Waals surface area (Å²) in [5.74, 6) is 0.748. The molecular formula is C20H24N4O4S3. The van der Waals surface area contributed by atoms with Crippen molar-refractivity contribution < 1.29 is 17.7 Å². The van der Waals surface area contributed by atoms with Crippen molar-refractivity contribution in [3.8, 4) is 10.7 Å². The molecule has 1 aliphatic heterocycles. The van der Waals surface area contributed by atoms with Crippen LogP contribution in [0.5, 0.6) is 0 Å². The Morgan fingerprint density at radius 2 is 2.13 bits per heavy atom. The van der Waals surface area contributed by atoms with Crippen LogP contribution in [-0.4, -0.2) is 41.9 Å². The maximum atomic E-state index is 13.2. The minimum Gasteiger partial charge on any atom is -0.351 e. The molecule has 4 rings (SSSR count). The zero-order chi connectivity index (χ0) is 22.0. The number of carbonyl (C=O) groups excluding carboxylic acids is 1. The van der Waals surface area contributed by atoms with E-state index < -0.39 is 10.0 Å². The van der Waals surface area contributed by atoms with Crippen LogP contribution in [0, 0.1) is 12.8 Å². The molecule has 31 heavy (non-hydrogen) atoms. The molecule has 0 spiro atoms. The van der Waals surface area contributed by atoms with E-state index in [1.54, 1.807) is 24.3 Å². The van der Waals surface area contributed by atoms with Crippen molar-refractivity contribution in [1.29, 1.82) is 0 Å². The van der Waals surface area contributed by atoms with Gasteiger partial charge in [-0.1, -0.05) is 18.1 Å². The average Bonchev–Trinajstić information content (AvgIpc) is 3.52. The summed E-state index contributed by atoms with van der Waals surface area (Å²) in [6, 6.07) is 5.56. The summed E-state index contributed by atoms with van der Waals surface area (Å²) < 4.78 is 33.1. The average molecular weight is 481 g/mol. The number of aryl methyl sites for hydroxylation is 2. The number of hydrogen-bond donors (Lipinski definition) is 1. The van der Waals surface area contributed by atoms with Gasteiger partial charge in [-0.3, -0.25) is 4.79 Å². The molecule has 11 heteroatoms. The lowest BCUT2D eigenvalue weighted by Gasteiger charge is -2.30. The van der Waals surface area contributed by atoms with E-state index in [9.17, 15) is 13.2 Å². The molecule has 8 nitrogen and oxygen atoms in total. The molecule has 0 atom stereocenters. The molecule has 3 aromatic rings. The predicted octanol–water partition coefficient (Wildman–Crippen LogP) is 3.45. The summed E-state index contributed by atoms with van der Waals surface area (Å²) in [6.07, 6.45) is 1.64. The number of nitrogens with one attached hydrogen (secondary N) is 1. The fourth-order valence-corrected chi connectivity index (χ4v) is 7.16. The highest BCUT2D eigenvalue weighted by Crippen LogP contribution is 2.35. The zero-order valence-corrected chi connectivity index (χ0v) is 19.8. The summed E-state index contributed by atoms with van der Waals surface area (Å²) in [5.41, 5.74) is 0. The Labute approximate surface area is 189 Å². The molecule has 166 valence electrons. The van der Waals surface area contributed by atoms with Crippen LogP contribution >= 0.6 is 22.7 Å². The van der Waals surface area contributed by atoms with Crippen molar-refractivity contribution in [1.82, 2.24) is 19.8 Å². The number of carbonyl (C=O) groups is 1. The molecule has 3 aromatic heterocycles. The fraction of sp³-hybridized carbons (Fsp3) is 0.450. The molecule has 1 aliphatic rings. The fourth-order valence-electron chi connectivity index (χ4n) is 3.56. The number of nitrogens with zero attached hydrogens (tertiary/aromatic N) is 3. The summed E-state index contributed by atoms with van der Waals surface area (Å²) >= 11 is 2.94. The Morgan fingerprint density at radius 1 is 1.35 bits per heavy atom. The van der Waals surface area contributed by atoms with Gasteiger partial charge in [0.25, 0.3) is 0 Å².